The van der Waals surface area contributed by atoms with Gasteiger partial charge in [0.15, 0.2) is 0 Å². The van der Waals surface area contributed by atoms with Gasteiger partial charge >= 0.3 is 5.97 Å². The molecule has 0 fully saturated rings. The van der Waals surface area contributed by atoms with Crippen molar-refractivity contribution in [1.82, 2.24) is 0 Å². The molecule has 0 heterocycles. The molecule has 3 heteroatoms. The van der Waals surface area contributed by atoms with Gasteiger partial charge in [-0.3, -0.25) is 0 Å². The Labute approximate surface area is 176 Å². The Balaban J connectivity index is 0.000000749. The number of hydrogen-bond donors (Lipinski definition) is 2. The molecule has 2 aromatic rings. The number of phenolic OH excluding ortho intramolecular Hbond substituents is 1. The highest BCUT2D eigenvalue weighted by molar-refractivity contribution is 5.78. The van der Waals surface area contributed by atoms with Gasteiger partial charge in [-0.2, -0.15) is 0 Å². The Morgan fingerprint density at radius 1 is 0.931 bits per heavy atom. The fraction of sp³-hybridized carbons (Fsp3) is 0.423. The van der Waals surface area contributed by atoms with Crippen LogP contribution < -0.4 is 0 Å². The second kappa shape index (κ2) is 9.30. The fourth-order valence-corrected chi connectivity index (χ4v) is 3.18. The molecule has 0 bridgehead atoms. The molecule has 0 aliphatic carbocycles. The zero-order valence-corrected chi connectivity index (χ0v) is 19.2. The molecule has 29 heavy (non-hydrogen) atoms. The highest BCUT2D eigenvalue weighted by Crippen LogP contribution is 2.36. The van der Waals surface area contributed by atoms with Gasteiger partial charge < -0.3 is 10.2 Å². The number of carbonyl (C=O) groups is 1. The van der Waals surface area contributed by atoms with E-state index in [9.17, 15) is 9.90 Å². The summed E-state index contributed by atoms with van der Waals surface area (Å²) in [5.41, 5.74) is 7.21. The van der Waals surface area contributed by atoms with Crippen molar-refractivity contribution in [2.24, 2.45) is 0 Å². The Bertz CT molecular complexity index is 878. The standard InChI is InChI=1S/C23H32O.C3H4O2/c1-15-9-17(14-19(11-15)22(3,4)5)13-18-10-16(2)12-20(21(18)24)23(6,7)8;1-2-3(4)5/h9-12,14,24H,13H2,1-8H3;2H,1H2,(H,4,5). The zero-order valence-electron chi connectivity index (χ0n) is 19.2. The van der Waals surface area contributed by atoms with Crippen molar-refractivity contribution in [2.75, 3.05) is 0 Å². The highest BCUT2D eigenvalue weighted by Gasteiger charge is 2.21. The van der Waals surface area contributed by atoms with Crippen molar-refractivity contribution in [3.63, 3.8) is 0 Å². The molecule has 0 atom stereocenters. The molecular formula is C26H36O3. The molecule has 0 saturated heterocycles. The van der Waals surface area contributed by atoms with Crippen LogP contribution in [0.4, 0.5) is 0 Å². The van der Waals surface area contributed by atoms with E-state index in [1.165, 1.54) is 22.3 Å². The van der Waals surface area contributed by atoms with Crippen LogP contribution in [0.1, 0.15) is 74.9 Å². The lowest BCUT2D eigenvalue weighted by Gasteiger charge is -2.24. The van der Waals surface area contributed by atoms with E-state index in [0.29, 0.717) is 5.75 Å². The average molecular weight is 397 g/mol. The van der Waals surface area contributed by atoms with Gasteiger partial charge in [0, 0.05) is 12.5 Å². The van der Waals surface area contributed by atoms with Crippen LogP contribution in [0.2, 0.25) is 0 Å². The topological polar surface area (TPSA) is 57.5 Å². The molecule has 3 nitrogen and oxygen atoms in total. The molecule has 2 rings (SSSR count). The van der Waals surface area contributed by atoms with Crippen LogP contribution in [0, 0.1) is 13.8 Å². The summed E-state index contributed by atoms with van der Waals surface area (Å²) in [5, 5.41) is 18.4. The molecule has 0 aliphatic rings. The number of rotatable bonds is 3. The third-order valence-corrected chi connectivity index (χ3v) is 4.71. The molecule has 0 aromatic heterocycles. The Morgan fingerprint density at radius 2 is 1.45 bits per heavy atom. The molecule has 158 valence electrons. The Hall–Kier alpha value is -2.55. The van der Waals surface area contributed by atoms with Gasteiger partial charge in [-0.05, 0) is 46.9 Å². The molecule has 2 aromatic carbocycles. The summed E-state index contributed by atoms with van der Waals surface area (Å²) >= 11 is 0. The van der Waals surface area contributed by atoms with Crippen molar-refractivity contribution in [3.8, 4) is 5.75 Å². The maximum Gasteiger partial charge on any atom is 0.327 e. The first-order valence-electron chi connectivity index (χ1n) is 9.94. The maximum atomic E-state index is 10.8. The summed E-state index contributed by atoms with van der Waals surface area (Å²) in [6.45, 7) is 20.4. The zero-order chi connectivity index (χ0) is 22.6. The van der Waals surface area contributed by atoms with Crippen molar-refractivity contribution >= 4 is 5.97 Å². The largest absolute Gasteiger partial charge is 0.507 e. The van der Waals surface area contributed by atoms with E-state index in [1.54, 1.807) is 0 Å². The molecule has 0 saturated carbocycles. The second-order valence-corrected chi connectivity index (χ2v) is 9.75. The van der Waals surface area contributed by atoms with E-state index < -0.39 is 5.97 Å². The highest BCUT2D eigenvalue weighted by atomic mass is 16.4. The van der Waals surface area contributed by atoms with Crippen LogP contribution in [-0.4, -0.2) is 16.2 Å². The lowest BCUT2D eigenvalue weighted by Crippen LogP contribution is -2.13. The van der Waals surface area contributed by atoms with Crippen molar-refractivity contribution < 1.29 is 15.0 Å². The Kier molecular flexibility index (Phi) is 7.85. The maximum absolute atomic E-state index is 10.8. The molecule has 0 spiro atoms. The third-order valence-electron chi connectivity index (χ3n) is 4.71. The molecular weight excluding hydrogens is 360 g/mol. The van der Waals surface area contributed by atoms with Gasteiger partial charge in [0.05, 0.1) is 0 Å². The predicted molar refractivity (Wildman–Crippen MR) is 122 cm³/mol. The number of aryl methyl sites for hydroxylation is 2. The number of hydrogen-bond acceptors (Lipinski definition) is 2. The molecule has 0 aliphatic heterocycles. The molecule has 0 radical (unpaired) electrons. The quantitative estimate of drug-likeness (QED) is 0.586. The minimum absolute atomic E-state index is 0.0615. The van der Waals surface area contributed by atoms with E-state index in [0.717, 1.165) is 23.6 Å². The number of aliphatic carboxylic acids is 1. The van der Waals surface area contributed by atoms with Crippen molar-refractivity contribution in [3.05, 3.63) is 76.4 Å². The van der Waals surface area contributed by atoms with Gasteiger partial charge in [0.2, 0.25) is 0 Å². The van der Waals surface area contributed by atoms with E-state index in [2.05, 4.69) is 92.3 Å². The first kappa shape index (κ1) is 24.5. The second-order valence-electron chi connectivity index (χ2n) is 9.75. The first-order chi connectivity index (χ1) is 13.1. The third kappa shape index (κ3) is 7.41. The van der Waals surface area contributed by atoms with Crippen LogP contribution in [0.15, 0.2) is 43.0 Å². The van der Waals surface area contributed by atoms with Crippen molar-refractivity contribution in [1.29, 1.82) is 0 Å². The summed E-state index contributed by atoms with van der Waals surface area (Å²) in [6, 6.07) is 11.0. The SMILES string of the molecule is C=CC(=O)O.Cc1cc(Cc2cc(C)cc(C(C)(C)C)c2O)cc(C(C)(C)C)c1. The van der Waals surface area contributed by atoms with Gasteiger partial charge in [0.1, 0.15) is 5.75 Å². The first-order valence-corrected chi connectivity index (χ1v) is 9.94. The number of carboxylic acid groups (broad SMARTS) is 1. The number of aromatic hydroxyl groups is 1. The van der Waals surface area contributed by atoms with E-state index in [1.807, 2.05) is 0 Å². The van der Waals surface area contributed by atoms with E-state index in [4.69, 9.17) is 5.11 Å². The van der Waals surface area contributed by atoms with Crippen LogP contribution in [0.3, 0.4) is 0 Å². The number of carboxylic acids is 1. The molecule has 2 N–H and O–H groups in total. The normalized spacial score (nSPS) is 11.4. The van der Waals surface area contributed by atoms with Crippen molar-refractivity contribution in [2.45, 2.75) is 72.6 Å². The van der Waals surface area contributed by atoms with Gasteiger partial charge in [-0.15, -0.1) is 0 Å². The van der Waals surface area contributed by atoms with Gasteiger partial charge in [0.25, 0.3) is 0 Å². The van der Waals surface area contributed by atoms with Gasteiger partial charge in [-0.1, -0.05) is 89.6 Å². The number of phenols is 1. The van der Waals surface area contributed by atoms with Crippen LogP contribution in [0.5, 0.6) is 5.75 Å². The monoisotopic (exact) mass is 396 g/mol. The van der Waals surface area contributed by atoms with Crippen LogP contribution >= 0.6 is 0 Å². The minimum atomic E-state index is -0.981. The summed E-state index contributed by atoms with van der Waals surface area (Å²) in [6.07, 6.45) is 1.60. The van der Waals surface area contributed by atoms with E-state index >= 15 is 0 Å². The van der Waals surface area contributed by atoms with Crippen LogP contribution in [0.25, 0.3) is 0 Å². The summed E-state index contributed by atoms with van der Waals surface area (Å²) < 4.78 is 0. The average Bonchev–Trinajstić information content (AvgIpc) is 2.56. The van der Waals surface area contributed by atoms with Crippen LogP contribution in [-0.2, 0) is 22.0 Å². The van der Waals surface area contributed by atoms with Gasteiger partial charge in [-0.25, -0.2) is 4.79 Å². The lowest BCUT2D eigenvalue weighted by molar-refractivity contribution is -0.131. The summed E-state index contributed by atoms with van der Waals surface area (Å²) in [4.78, 5) is 9.25. The minimum Gasteiger partial charge on any atom is -0.507 e. The smallest absolute Gasteiger partial charge is 0.327 e. The lowest BCUT2D eigenvalue weighted by atomic mass is 9.82. The van der Waals surface area contributed by atoms with E-state index in [-0.39, 0.29) is 10.8 Å². The number of benzene rings is 2. The summed E-state index contributed by atoms with van der Waals surface area (Å²) in [5.74, 6) is -0.531. The molecule has 0 unspecified atom stereocenters. The Morgan fingerprint density at radius 3 is 1.90 bits per heavy atom. The summed E-state index contributed by atoms with van der Waals surface area (Å²) in [7, 11) is 0. The molecule has 0 amide bonds. The predicted octanol–water partition coefficient (Wildman–Crippen LogP) is 6.45. The fourth-order valence-electron chi connectivity index (χ4n) is 3.18.